The summed E-state index contributed by atoms with van der Waals surface area (Å²) in [5.41, 5.74) is 2.40. The molecule has 0 saturated carbocycles. The first-order valence-corrected chi connectivity index (χ1v) is 10.3. The van der Waals surface area contributed by atoms with Gasteiger partial charge >= 0.3 is 6.03 Å². The Morgan fingerprint density at radius 1 is 0.839 bits per heavy atom. The SMILES string of the molecule is CC(C)(C)C(=O)Nc1ccc(-c2ccc(NC(=O)Nc3ccc(Cl)cc3Cl)cc2)cn1. The molecule has 0 aliphatic heterocycles. The summed E-state index contributed by atoms with van der Waals surface area (Å²) in [6, 6.07) is 15.4. The largest absolute Gasteiger partial charge is 0.323 e. The van der Waals surface area contributed by atoms with Crippen molar-refractivity contribution in [2.45, 2.75) is 20.8 Å². The maximum atomic E-state index is 12.2. The fourth-order valence-electron chi connectivity index (χ4n) is 2.56. The van der Waals surface area contributed by atoms with Gasteiger partial charge in [0.2, 0.25) is 5.91 Å². The Kier molecular flexibility index (Phi) is 6.83. The number of carbonyl (C=O) groups excluding carboxylic acids is 2. The minimum Gasteiger partial charge on any atom is -0.310 e. The van der Waals surface area contributed by atoms with E-state index in [1.165, 1.54) is 0 Å². The predicted octanol–water partition coefficient (Wildman–Crippen LogP) is 6.68. The molecule has 6 nitrogen and oxygen atoms in total. The minimum atomic E-state index is -0.492. The van der Waals surface area contributed by atoms with Gasteiger partial charge in [0.1, 0.15) is 5.82 Å². The number of nitrogens with one attached hydrogen (secondary N) is 3. The van der Waals surface area contributed by atoms with Crippen LogP contribution >= 0.6 is 23.2 Å². The van der Waals surface area contributed by atoms with E-state index in [0.717, 1.165) is 11.1 Å². The average Bonchev–Trinajstić information content (AvgIpc) is 2.71. The van der Waals surface area contributed by atoms with Crippen LogP contribution in [0, 0.1) is 5.41 Å². The zero-order valence-electron chi connectivity index (χ0n) is 17.3. The Bertz CT molecular complexity index is 1090. The molecule has 0 saturated heterocycles. The topological polar surface area (TPSA) is 83.1 Å². The number of rotatable bonds is 4. The quantitative estimate of drug-likeness (QED) is 0.409. The lowest BCUT2D eigenvalue weighted by atomic mass is 9.96. The molecular weight excluding hydrogens is 435 g/mol. The highest BCUT2D eigenvalue weighted by atomic mass is 35.5. The Morgan fingerprint density at radius 2 is 1.52 bits per heavy atom. The molecule has 2 aromatic carbocycles. The highest BCUT2D eigenvalue weighted by Gasteiger charge is 2.21. The first-order chi connectivity index (χ1) is 14.6. The van der Waals surface area contributed by atoms with Crippen molar-refractivity contribution >= 4 is 52.3 Å². The molecule has 0 fully saturated rings. The molecule has 3 N–H and O–H groups in total. The van der Waals surface area contributed by atoms with Crippen LogP contribution in [0.4, 0.5) is 22.0 Å². The van der Waals surface area contributed by atoms with Crippen LogP contribution in [0.2, 0.25) is 10.0 Å². The molecule has 31 heavy (non-hydrogen) atoms. The molecule has 8 heteroatoms. The number of benzene rings is 2. The molecular formula is C23H22Cl2N4O2. The number of urea groups is 1. The maximum absolute atomic E-state index is 12.2. The number of hydrogen-bond donors (Lipinski definition) is 3. The summed E-state index contributed by atoms with van der Waals surface area (Å²) < 4.78 is 0. The number of hydrogen-bond acceptors (Lipinski definition) is 3. The Balaban J connectivity index is 1.62. The summed E-state index contributed by atoms with van der Waals surface area (Å²) in [5.74, 6) is 0.404. The van der Waals surface area contributed by atoms with Crippen molar-refractivity contribution < 1.29 is 9.59 Å². The monoisotopic (exact) mass is 456 g/mol. The molecule has 0 atom stereocenters. The second kappa shape index (κ2) is 9.37. The Labute approximate surface area is 191 Å². The van der Waals surface area contributed by atoms with E-state index < -0.39 is 11.4 Å². The number of anilines is 3. The molecule has 0 bridgehead atoms. The lowest BCUT2D eigenvalue weighted by molar-refractivity contribution is -0.123. The third-order valence-electron chi connectivity index (χ3n) is 4.34. The molecule has 3 amide bonds. The van der Waals surface area contributed by atoms with E-state index >= 15 is 0 Å². The normalized spacial score (nSPS) is 11.0. The van der Waals surface area contributed by atoms with E-state index in [4.69, 9.17) is 23.2 Å². The van der Waals surface area contributed by atoms with Gasteiger partial charge in [-0.2, -0.15) is 0 Å². The molecule has 0 unspecified atom stereocenters. The van der Waals surface area contributed by atoms with Gasteiger partial charge in [0.15, 0.2) is 0 Å². The number of pyridine rings is 1. The lowest BCUT2D eigenvalue weighted by Gasteiger charge is -2.17. The van der Waals surface area contributed by atoms with Gasteiger partial charge in [0, 0.05) is 27.9 Å². The summed E-state index contributed by atoms with van der Waals surface area (Å²) >= 11 is 11.9. The van der Waals surface area contributed by atoms with Crippen LogP contribution in [-0.4, -0.2) is 16.9 Å². The van der Waals surface area contributed by atoms with Gasteiger partial charge in [-0.15, -0.1) is 0 Å². The van der Waals surface area contributed by atoms with Crippen LogP contribution in [0.3, 0.4) is 0 Å². The highest BCUT2D eigenvalue weighted by molar-refractivity contribution is 6.36. The smallest absolute Gasteiger partial charge is 0.310 e. The molecule has 3 rings (SSSR count). The lowest BCUT2D eigenvalue weighted by Crippen LogP contribution is -2.27. The minimum absolute atomic E-state index is 0.0960. The van der Waals surface area contributed by atoms with Crippen LogP contribution in [0.25, 0.3) is 11.1 Å². The Morgan fingerprint density at radius 3 is 2.10 bits per heavy atom. The molecule has 1 aromatic heterocycles. The summed E-state index contributed by atoms with van der Waals surface area (Å²) in [6.07, 6.45) is 1.69. The van der Waals surface area contributed by atoms with Gasteiger partial charge in [-0.3, -0.25) is 4.79 Å². The standard InChI is InChI=1S/C23H22Cl2N4O2/c1-23(2,3)21(30)29-20-11-6-15(13-26-20)14-4-8-17(9-5-14)27-22(31)28-19-10-7-16(24)12-18(19)25/h4-13H,1-3H3,(H,26,29,30)(H2,27,28,31). The fourth-order valence-corrected chi connectivity index (χ4v) is 3.02. The fraction of sp³-hybridized carbons (Fsp3) is 0.174. The second-order valence-electron chi connectivity index (χ2n) is 7.92. The molecule has 0 spiro atoms. The average molecular weight is 457 g/mol. The van der Waals surface area contributed by atoms with E-state index in [2.05, 4.69) is 20.9 Å². The number of carbonyl (C=O) groups is 2. The zero-order valence-corrected chi connectivity index (χ0v) is 18.8. The molecule has 3 aromatic rings. The van der Waals surface area contributed by atoms with E-state index in [1.54, 1.807) is 42.6 Å². The third kappa shape index (κ3) is 6.20. The molecule has 0 aliphatic carbocycles. The van der Waals surface area contributed by atoms with Gasteiger partial charge in [-0.05, 0) is 48.0 Å². The van der Waals surface area contributed by atoms with Gasteiger partial charge in [-0.1, -0.05) is 56.1 Å². The molecule has 0 radical (unpaired) electrons. The molecule has 0 aliphatic rings. The van der Waals surface area contributed by atoms with Crippen molar-refractivity contribution in [1.29, 1.82) is 0 Å². The van der Waals surface area contributed by atoms with Gasteiger partial charge in [0.05, 0.1) is 10.7 Å². The Hall–Kier alpha value is -3.09. The van der Waals surface area contributed by atoms with Crippen LogP contribution in [-0.2, 0) is 4.79 Å². The highest BCUT2D eigenvalue weighted by Crippen LogP contribution is 2.26. The van der Waals surface area contributed by atoms with E-state index in [1.807, 2.05) is 39.0 Å². The van der Waals surface area contributed by atoms with Crippen molar-refractivity contribution in [1.82, 2.24) is 4.98 Å². The van der Waals surface area contributed by atoms with Crippen molar-refractivity contribution in [2.24, 2.45) is 5.41 Å². The number of amides is 3. The maximum Gasteiger partial charge on any atom is 0.323 e. The summed E-state index contributed by atoms with van der Waals surface area (Å²) in [7, 11) is 0. The molecule has 1 heterocycles. The van der Waals surface area contributed by atoms with E-state index in [9.17, 15) is 9.59 Å². The molecule has 160 valence electrons. The van der Waals surface area contributed by atoms with Crippen molar-refractivity contribution in [3.05, 3.63) is 70.8 Å². The van der Waals surface area contributed by atoms with Gasteiger partial charge in [0.25, 0.3) is 0 Å². The summed E-state index contributed by atoms with van der Waals surface area (Å²) in [5, 5.41) is 9.07. The van der Waals surface area contributed by atoms with Crippen LogP contribution in [0.1, 0.15) is 20.8 Å². The second-order valence-corrected chi connectivity index (χ2v) is 8.76. The first kappa shape index (κ1) is 22.6. The number of aromatic nitrogens is 1. The predicted molar refractivity (Wildman–Crippen MR) is 127 cm³/mol. The van der Waals surface area contributed by atoms with Gasteiger partial charge < -0.3 is 16.0 Å². The van der Waals surface area contributed by atoms with Crippen molar-refractivity contribution in [2.75, 3.05) is 16.0 Å². The van der Waals surface area contributed by atoms with Crippen LogP contribution in [0.5, 0.6) is 0 Å². The van der Waals surface area contributed by atoms with Crippen LogP contribution in [0.15, 0.2) is 60.8 Å². The van der Waals surface area contributed by atoms with E-state index in [0.29, 0.717) is 27.2 Å². The summed E-state index contributed by atoms with van der Waals surface area (Å²) in [6.45, 7) is 5.53. The number of halogens is 2. The third-order valence-corrected chi connectivity index (χ3v) is 4.89. The van der Waals surface area contributed by atoms with Crippen LogP contribution < -0.4 is 16.0 Å². The van der Waals surface area contributed by atoms with Gasteiger partial charge in [-0.25, -0.2) is 9.78 Å². The summed E-state index contributed by atoms with van der Waals surface area (Å²) in [4.78, 5) is 28.6. The van der Waals surface area contributed by atoms with Crippen molar-refractivity contribution in [3.8, 4) is 11.1 Å². The van der Waals surface area contributed by atoms with Crippen molar-refractivity contribution in [3.63, 3.8) is 0 Å². The number of nitrogens with zero attached hydrogens (tertiary/aromatic N) is 1. The first-order valence-electron chi connectivity index (χ1n) is 9.53. The zero-order chi connectivity index (χ0) is 22.6. The van der Waals surface area contributed by atoms with E-state index in [-0.39, 0.29) is 5.91 Å².